The van der Waals surface area contributed by atoms with Gasteiger partial charge >= 0.3 is 0 Å². The molecule has 0 saturated carbocycles. The highest BCUT2D eigenvalue weighted by atomic mass is 79.9. The van der Waals surface area contributed by atoms with Crippen molar-refractivity contribution >= 4 is 21.6 Å². The summed E-state index contributed by atoms with van der Waals surface area (Å²) in [6.45, 7) is 2.46. The number of nitrogens with zero attached hydrogens (tertiary/aromatic N) is 2. The average Bonchev–Trinajstić information content (AvgIpc) is 2.47. The molecule has 0 radical (unpaired) electrons. The first-order valence-corrected chi connectivity index (χ1v) is 7.48. The molecule has 3 nitrogen and oxygen atoms in total. The molecule has 2 aromatic rings. The van der Waals surface area contributed by atoms with Gasteiger partial charge in [0.2, 0.25) is 0 Å². The Labute approximate surface area is 133 Å². The number of aliphatic hydroxyl groups is 1. The van der Waals surface area contributed by atoms with Crippen LogP contribution < -0.4 is 4.90 Å². The molecule has 0 heterocycles. The van der Waals surface area contributed by atoms with Gasteiger partial charge in [-0.15, -0.1) is 0 Å². The molecule has 0 saturated heterocycles. The second-order valence-corrected chi connectivity index (χ2v) is 5.91. The van der Waals surface area contributed by atoms with E-state index < -0.39 is 6.10 Å². The molecule has 4 heteroatoms. The monoisotopic (exact) mass is 344 g/mol. The fourth-order valence-electron chi connectivity index (χ4n) is 2.19. The normalized spacial score (nSPS) is 11.8. The number of anilines is 1. The van der Waals surface area contributed by atoms with E-state index in [1.54, 1.807) is 13.0 Å². The maximum Gasteiger partial charge on any atom is 0.0991 e. The van der Waals surface area contributed by atoms with Crippen LogP contribution in [0.5, 0.6) is 0 Å². The van der Waals surface area contributed by atoms with Gasteiger partial charge in [0.25, 0.3) is 0 Å². The molecular weight excluding hydrogens is 328 g/mol. The Morgan fingerprint density at radius 2 is 2.05 bits per heavy atom. The van der Waals surface area contributed by atoms with Gasteiger partial charge in [0.05, 0.1) is 23.4 Å². The van der Waals surface area contributed by atoms with E-state index in [0.717, 1.165) is 21.3 Å². The molecule has 0 amide bonds. The van der Waals surface area contributed by atoms with Gasteiger partial charge < -0.3 is 10.0 Å². The molecule has 0 spiro atoms. The number of rotatable bonds is 4. The van der Waals surface area contributed by atoms with E-state index in [4.69, 9.17) is 5.26 Å². The summed E-state index contributed by atoms with van der Waals surface area (Å²) in [5.74, 6) is 0. The Kier molecular flexibility index (Phi) is 5.00. The van der Waals surface area contributed by atoms with Crippen molar-refractivity contribution in [1.29, 1.82) is 5.26 Å². The molecule has 1 N–H and O–H groups in total. The van der Waals surface area contributed by atoms with E-state index in [1.807, 2.05) is 43.4 Å². The highest BCUT2D eigenvalue weighted by Gasteiger charge is 2.09. The van der Waals surface area contributed by atoms with E-state index >= 15 is 0 Å². The highest BCUT2D eigenvalue weighted by molar-refractivity contribution is 9.10. The van der Waals surface area contributed by atoms with Crippen molar-refractivity contribution in [3.05, 3.63) is 63.6 Å². The third kappa shape index (κ3) is 3.84. The molecule has 0 unspecified atom stereocenters. The zero-order valence-corrected chi connectivity index (χ0v) is 13.6. The van der Waals surface area contributed by atoms with E-state index in [2.05, 4.69) is 26.9 Å². The molecule has 0 aliphatic rings. The van der Waals surface area contributed by atoms with Crippen LogP contribution in [0.2, 0.25) is 0 Å². The lowest BCUT2D eigenvalue weighted by Gasteiger charge is -2.22. The van der Waals surface area contributed by atoms with Crippen LogP contribution in [-0.2, 0) is 6.54 Å². The van der Waals surface area contributed by atoms with E-state index in [0.29, 0.717) is 12.1 Å². The first-order chi connectivity index (χ1) is 10.0. The van der Waals surface area contributed by atoms with Gasteiger partial charge in [-0.2, -0.15) is 5.26 Å². The van der Waals surface area contributed by atoms with Gasteiger partial charge in [-0.1, -0.05) is 18.2 Å². The van der Waals surface area contributed by atoms with E-state index in [-0.39, 0.29) is 0 Å². The zero-order chi connectivity index (χ0) is 15.4. The maximum atomic E-state index is 9.61. The molecule has 0 aliphatic heterocycles. The quantitative estimate of drug-likeness (QED) is 0.911. The molecule has 108 valence electrons. The zero-order valence-electron chi connectivity index (χ0n) is 12.0. The van der Waals surface area contributed by atoms with Gasteiger partial charge in [-0.3, -0.25) is 0 Å². The molecule has 0 aliphatic carbocycles. The lowest BCUT2D eigenvalue weighted by Crippen LogP contribution is -2.17. The second-order valence-electron chi connectivity index (χ2n) is 5.06. The van der Waals surface area contributed by atoms with Crippen LogP contribution in [0.4, 0.5) is 5.69 Å². The predicted octanol–water partition coefficient (Wildman–Crippen LogP) is 4.01. The van der Waals surface area contributed by atoms with Gasteiger partial charge in [-0.25, -0.2) is 0 Å². The summed E-state index contributed by atoms with van der Waals surface area (Å²) in [5, 5.41) is 18.6. The Morgan fingerprint density at radius 3 is 2.67 bits per heavy atom. The lowest BCUT2D eigenvalue weighted by atomic mass is 10.1. The molecule has 2 rings (SSSR count). The van der Waals surface area contributed by atoms with Gasteiger partial charge in [0, 0.05) is 18.1 Å². The fourth-order valence-corrected chi connectivity index (χ4v) is 2.89. The maximum absolute atomic E-state index is 9.61. The summed E-state index contributed by atoms with van der Waals surface area (Å²) < 4.78 is 0.944. The SMILES string of the molecule is C[C@@H](O)c1ccc(N(C)Cc2cccc(C#N)c2)c(Br)c1. The topological polar surface area (TPSA) is 47.3 Å². The lowest BCUT2D eigenvalue weighted by molar-refractivity contribution is 0.199. The van der Waals surface area contributed by atoms with Crippen LogP contribution in [0, 0.1) is 11.3 Å². The third-order valence-corrected chi connectivity index (χ3v) is 3.98. The molecule has 21 heavy (non-hydrogen) atoms. The highest BCUT2D eigenvalue weighted by Crippen LogP contribution is 2.29. The number of halogens is 1. The molecule has 0 aromatic heterocycles. The van der Waals surface area contributed by atoms with Crippen molar-refractivity contribution < 1.29 is 5.11 Å². The van der Waals surface area contributed by atoms with Gasteiger partial charge in [0.1, 0.15) is 0 Å². The number of nitriles is 1. The van der Waals surface area contributed by atoms with E-state index in [9.17, 15) is 5.11 Å². The van der Waals surface area contributed by atoms with Crippen LogP contribution in [0.3, 0.4) is 0 Å². The summed E-state index contributed by atoms with van der Waals surface area (Å²) in [5.41, 5.74) is 3.68. The van der Waals surface area contributed by atoms with Gasteiger partial charge in [0.15, 0.2) is 0 Å². The second kappa shape index (κ2) is 6.75. The summed E-state index contributed by atoms with van der Waals surface area (Å²) in [4.78, 5) is 2.10. The van der Waals surface area contributed by atoms with E-state index in [1.165, 1.54) is 0 Å². The third-order valence-electron chi connectivity index (χ3n) is 3.34. The van der Waals surface area contributed by atoms with Crippen LogP contribution in [0.25, 0.3) is 0 Å². The van der Waals surface area contributed by atoms with Crippen molar-refractivity contribution in [2.24, 2.45) is 0 Å². The number of benzene rings is 2. The van der Waals surface area contributed by atoms with Crippen LogP contribution in [-0.4, -0.2) is 12.2 Å². The average molecular weight is 345 g/mol. The smallest absolute Gasteiger partial charge is 0.0991 e. The van der Waals surface area contributed by atoms with Crippen molar-refractivity contribution in [3.63, 3.8) is 0 Å². The van der Waals surface area contributed by atoms with Crippen LogP contribution in [0.1, 0.15) is 29.7 Å². The first kappa shape index (κ1) is 15.6. The van der Waals surface area contributed by atoms with Crippen molar-refractivity contribution in [2.45, 2.75) is 19.6 Å². The Balaban J connectivity index is 2.20. The first-order valence-electron chi connectivity index (χ1n) is 6.69. The number of aliphatic hydroxyl groups excluding tert-OH is 1. The fraction of sp³-hybridized carbons (Fsp3) is 0.235. The molecule has 0 fully saturated rings. The minimum atomic E-state index is -0.479. The Morgan fingerprint density at radius 1 is 1.29 bits per heavy atom. The van der Waals surface area contributed by atoms with Crippen LogP contribution >= 0.6 is 15.9 Å². The minimum absolute atomic E-state index is 0.479. The summed E-state index contributed by atoms with van der Waals surface area (Å²) in [6, 6.07) is 15.6. The standard InChI is InChI=1S/C17H17BrN2O/c1-12(21)15-6-7-17(16(18)9-15)20(2)11-14-5-3-4-13(8-14)10-19/h3-9,12,21H,11H2,1-2H3/t12-/m1/s1. The van der Waals surface area contributed by atoms with Crippen LogP contribution in [0.15, 0.2) is 46.9 Å². The Bertz CT molecular complexity index is 677. The number of hydrogen-bond donors (Lipinski definition) is 1. The number of hydrogen-bond acceptors (Lipinski definition) is 3. The predicted molar refractivity (Wildman–Crippen MR) is 88.0 cm³/mol. The summed E-state index contributed by atoms with van der Waals surface area (Å²) in [6.07, 6.45) is -0.479. The largest absolute Gasteiger partial charge is 0.389 e. The summed E-state index contributed by atoms with van der Waals surface area (Å²) in [7, 11) is 2.00. The minimum Gasteiger partial charge on any atom is -0.389 e. The molecule has 0 bridgehead atoms. The van der Waals surface area contributed by atoms with Crippen molar-refractivity contribution in [2.75, 3.05) is 11.9 Å². The van der Waals surface area contributed by atoms with Crippen molar-refractivity contribution in [1.82, 2.24) is 0 Å². The molecule has 1 atom stereocenters. The van der Waals surface area contributed by atoms with Gasteiger partial charge in [-0.05, 0) is 58.2 Å². The summed E-state index contributed by atoms with van der Waals surface area (Å²) >= 11 is 3.55. The van der Waals surface area contributed by atoms with Crippen molar-refractivity contribution in [3.8, 4) is 6.07 Å². The Hall–Kier alpha value is -1.83. The molecule has 2 aromatic carbocycles. The molecular formula is C17H17BrN2O.